The van der Waals surface area contributed by atoms with E-state index in [9.17, 15) is 0 Å². The van der Waals surface area contributed by atoms with Crippen molar-refractivity contribution in [3.8, 4) is 0 Å². The van der Waals surface area contributed by atoms with Crippen molar-refractivity contribution < 1.29 is 0 Å². The van der Waals surface area contributed by atoms with Crippen molar-refractivity contribution in [2.75, 3.05) is 20.1 Å². The van der Waals surface area contributed by atoms with E-state index in [4.69, 9.17) is 0 Å². The molecule has 1 aromatic rings. The van der Waals surface area contributed by atoms with E-state index >= 15 is 0 Å². The minimum atomic E-state index is 0.570. The van der Waals surface area contributed by atoms with Crippen LogP contribution in [0.3, 0.4) is 0 Å². The van der Waals surface area contributed by atoms with Gasteiger partial charge in [0.2, 0.25) is 0 Å². The maximum absolute atomic E-state index is 4.32. The lowest BCUT2D eigenvalue weighted by atomic mass is 10.0. The van der Waals surface area contributed by atoms with E-state index in [2.05, 4.69) is 48.4 Å². The Morgan fingerprint density at radius 3 is 2.81 bits per heavy atom. The summed E-state index contributed by atoms with van der Waals surface area (Å²) in [5.74, 6) is 0.656. The zero-order chi connectivity index (χ0) is 12.0. The predicted octanol–water partition coefficient (Wildman–Crippen LogP) is 2.21. The van der Waals surface area contributed by atoms with Crippen LogP contribution in [0.5, 0.6) is 0 Å². The Labute approximate surface area is 103 Å². The first kappa shape index (κ1) is 13.6. The van der Waals surface area contributed by atoms with Crippen LogP contribution in [0.25, 0.3) is 0 Å². The van der Waals surface area contributed by atoms with Crippen LogP contribution < -0.4 is 5.32 Å². The number of nitrogens with one attached hydrogen (secondary N) is 1. The van der Waals surface area contributed by atoms with E-state index in [1.54, 1.807) is 11.3 Å². The predicted molar refractivity (Wildman–Crippen MR) is 70.8 cm³/mol. The minimum Gasteiger partial charge on any atom is -0.317 e. The summed E-state index contributed by atoms with van der Waals surface area (Å²) < 4.78 is 0. The van der Waals surface area contributed by atoms with Gasteiger partial charge in [-0.05, 0) is 33.0 Å². The van der Waals surface area contributed by atoms with Crippen molar-refractivity contribution in [3.05, 3.63) is 16.6 Å². The first-order valence-corrected chi connectivity index (χ1v) is 6.87. The summed E-state index contributed by atoms with van der Waals surface area (Å²) in [5.41, 5.74) is 3.07. The van der Waals surface area contributed by atoms with Gasteiger partial charge in [0.05, 0.1) is 11.2 Å². The lowest BCUT2D eigenvalue weighted by Gasteiger charge is -2.29. The van der Waals surface area contributed by atoms with Gasteiger partial charge in [0, 0.05) is 18.0 Å². The molecule has 2 unspecified atom stereocenters. The van der Waals surface area contributed by atoms with Gasteiger partial charge in [-0.15, -0.1) is 11.3 Å². The van der Waals surface area contributed by atoms with Crippen molar-refractivity contribution >= 4 is 11.3 Å². The highest BCUT2D eigenvalue weighted by Crippen LogP contribution is 2.12. The molecule has 0 spiro atoms. The van der Waals surface area contributed by atoms with Gasteiger partial charge in [0.1, 0.15) is 0 Å². The van der Waals surface area contributed by atoms with Crippen LogP contribution in [0.4, 0.5) is 0 Å². The average molecular weight is 241 g/mol. The second-order valence-electron chi connectivity index (χ2n) is 4.42. The molecule has 3 nitrogen and oxygen atoms in total. The van der Waals surface area contributed by atoms with Gasteiger partial charge in [-0.25, -0.2) is 4.98 Å². The van der Waals surface area contributed by atoms with Crippen molar-refractivity contribution in [1.82, 2.24) is 15.2 Å². The molecular formula is C12H23N3S. The Morgan fingerprint density at radius 2 is 2.25 bits per heavy atom. The summed E-state index contributed by atoms with van der Waals surface area (Å²) in [6, 6.07) is 0.570. The van der Waals surface area contributed by atoms with Gasteiger partial charge in [0.15, 0.2) is 0 Å². The van der Waals surface area contributed by atoms with Crippen molar-refractivity contribution in [2.24, 2.45) is 5.92 Å². The molecular weight excluding hydrogens is 218 g/mol. The van der Waals surface area contributed by atoms with Gasteiger partial charge >= 0.3 is 0 Å². The third kappa shape index (κ3) is 4.20. The van der Waals surface area contributed by atoms with Crippen LogP contribution in [0, 0.1) is 5.92 Å². The topological polar surface area (TPSA) is 28.2 Å². The van der Waals surface area contributed by atoms with Crippen LogP contribution in [0.2, 0.25) is 0 Å². The number of rotatable bonds is 7. The smallest absolute Gasteiger partial charge is 0.0795 e. The Bertz CT molecular complexity index is 274. The third-order valence-electron chi connectivity index (χ3n) is 3.13. The minimum absolute atomic E-state index is 0.570. The number of aromatic nitrogens is 1. The molecule has 0 aliphatic heterocycles. The van der Waals surface area contributed by atoms with Crippen LogP contribution in [0.1, 0.15) is 26.5 Å². The fraction of sp³-hybridized carbons (Fsp3) is 0.750. The van der Waals surface area contributed by atoms with Crippen molar-refractivity contribution in [3.63, 3.8) is 0 Å². The molecule has 1 heterocycles. The van der Waals surface area contributed by atoms with Crippen LogP contribution in [-0.2, 0) is 6.54 Å². The van der Waals surface area contributed by atoms with E-state index in [-0.39, 0.29) is 0 Å². The van der Waals surface area contributed by atoms with Gasteiger partial charge in [-0.1, -0.05) is 13.8 Å². The molecule has 4 heteroatoms. The Kier molecular flexibility index (Phi) is 5.95. The summed E-state index contributed by atoms with van der Waals surface area (Å²) in [7, 11) is 2.17. The normalized spacial score (nSPS) is 15.3. The third-order valence-corrected chi connectivity index (χ3v) is 3.77. The monoisotopic (exact) mass is 241 g/mol. The van der Waals surface area contributed by atoms with Gasteiger partial charge in [0.25, 0.3) is 0 Å². The first-order valence-electron chi connectivity index (χ1n) is 5.93. The summed E-state index contributed by atoms with van der Waals surface area (Å²) in [6.45, 7) is 9.81. The zero-order valence-corrected chi connectivity index (χ0v) is 11.5. The van der Waals surface area contributed by atoms with Crippen molar-refractivity contribution in [2.45, 2.75) is 33.4 Å². The second-order valence-corrected chi connectivity index (χ2v) is 5.14. The van der Waals surface area contributed by atoms with E-state index in [0.29, 0.717) is 12.0 Å². The SMILES string of the molecule is CCNCC(C)C(C)N(C)Cc1cscn1. The summed E-state index contributed by atoms with van der Waals surface area (Å²) in [6.07, 6.45) is 0. The Morgan fingerprint density at radius 1 is 1.50 bits per heavy atom. The van der Waals surface area contributed by atoms with Gasteiger partial charge in [-0.3, -0.25) is 4.90 Å². The fourth-order valence-corrected chi connectivity index (χ4v) is 2.24. The molecule has 0 amide bonds. The molecule has 0 saturated carbocycles. The highest BCUT2D eigenvalue weighted by Gasteiger charge is 2.17. The number of hydrogen-bond donors (Lipinski definition) is 1. The van der Waals surface area contributed by atoms with E-state index < -0.39 is 0 Å². The van der Waals surface area contributed by atoms with Crippen LogP contribution >= 0.6 is 11.3 Å². The molecule has 1 aromatic heterocycles. The molecule has 1 rings (SSSR count). The summed E-state index contributed by atoms with van der Waals surface area (Å²) in [5, 5.41) is 5.53. The zero-order valence-electron chi connectivity index (χ0n) is 10.7. The molecule has 0 aliphatic carbocycles. The maximum atomic E-state index is 4.32. The number of nitrogens with zero attached hydrogens (tertiary/aromatic N) is 2. The van der Waals surface area contributed by atoms with Gasteiger partial charge in [-0.2, -0.15) is 0 Å². The molecule has 0 aromatic carbocycles. The average Bonchev–Trinajstić information content (AvgIpc) is 2.77. The highest BCUT2D eigenvalue weighted by molar-refractivity contribution is 7.07. The first-order chi connectivity index (χ1) is 7.65. The standard InChI is InChI=1S/C12H23N3S/c1-5-13-6-10(2)11(3)15(4)7-12-8-16-9-14-12/h8-11,13H,5-7H2,1-4H3. The molecule has 2 atom stereocenters. The maximum Gasteiger partial charge on any atom is 0.0795 e. The van der Waals surface area contributed by atoms with E-state index in [1.165, 1.54) is 5.69 Å². The second kappa shape index (κ2) is 6.99. The lowest BCUT2D eigenvalue weighted by molar-refractivity contribution is 0.187. The number of hydrogen-bond acceptors (Lipinski definition) is 4. The molecule has 92 valence electrons. The summed E-state index contributed by atoms with van der Waals surface area (Å²) >= 11 is 1.67. The highest BCUT2D eigenvalue weighted by atomic mass is 32.1. The molecule has 0 bridgehead atoms. The Hall–Kier alpha value is -0.450. The Balaban J connectivity index is 2.37. The van der Waals surface area contributed by atoms with Gasteiger partial charge < -0.3 is 5.32 Å². The molecule has 0 radical (unpaired) electrons. The van der Waals surface area contributed by atoms with E-state index in [1.807, 2.05) is 5.51 Å². The summed E-state index contributed by atoms with van der Waals surface area (Å²) in [4.78, 5) is 6.69. The molecule has 0 saturated heterocycles. The largest absolute Gasteiger partial charge is 0.317 e. The number of thiazole rings is 1. The fourth-order valence-electron chi connectivity index (χ4n) is 1.69. The van der Waals surface area contributed by atoms with E-state index in [0.717, 1.165) is 19.6 Å². The molecule has 0 aliphatic rings. The van der Waals surface area contributed by atoms with Crippen LogP contribution in [-0.4, -0.2) is 36.1 Å². The molecule has 16 heavy (non-hydrogen) atoms. The quantitative estimate of drug-likeness (QED) is 0.793. The molecule has 0 fully saturated rings. The van der Waals surface area contributed by atoms with Crippen molar-refractivity contribution in [1.29, 1.82) is 0 Å². The molecule has 1 N–H and O–H groups in total. The lowest BCUT2D eigenvalue weighted by Crippen LogP contribution is -2.38. The van der Waals surface area contributed by atoms with Crippen LogP contribution in [0.15, 0.2) is 10.9 Å².